The summed E-state index contributed by atoms with van der Waals surface area (Å²) in [5, 5.41) is 24.2. The Morgan fingerprint density at radius 2 is 2.27 bits per heavy atom. The summed E-state index contributed by atoms with van der Waals surface area (Å²) in [6, 6.07) is 2.86. The standard InChI is InChI=1S/C20H25F2N7O4/c1-20(2,18(21)22)29(19(30)31)12-7-15(33-10-12)13-8-16(26-25-13)24-17-14-6-11(9-32-3)27-28(14)5-4-23-17/h4-6,8,12,15,18H,7,9-10H2,1-3H3,(H,30,31)(H2,23,24,25,26)/t12-,15-/m1/s1. The van der Waals surface area contributed by atoms with E-state index in [-0.39, 0.29) is 13.0 Å². The Kier molecular flexibility index (Phi) is 6.17. The zero-order valence-electron chi connectivity index (χ0n) is 18.3. The number of H-pyrrole nitrogens is 1. The largest absolute Gasteiger partial charge is 0.465 e. The van der Waals surface area contributed by atoms with Crippen LogP contribution in [-0.2, 0) is 16.1 Å². The smallest absolute Gasteiger partial charge is 0.408 e. The van der Waals surface area contributed by atoms with Gasteiger partial charge in [-0.1, -0.05) is 0 Å². The zero-order valence-corrected chi connectivity index (χ0v) is 18.3. The van der Waals surface area contributed by atoms with Crippen molar-refractivity contribution in [1.29, 1.82) is 0 Å². The highest BCUT2D eigenvalue weighted by Crippen LogP contribution is 2.36. The molecular formula is C20H25F2N7O4. The number of hydrogen-bond donors (Lipinski definition) is 3. The second-order valence-electron chi connectivity index (χ2n) is 8.33. The minimum absolute atomic E-state index is 0.00780. The van der Waals surface area contributed by atoms with Gasteiger partial charge in [0.2, 0.25) is 0 Å². The van der Waals surface area contributed by atoms with Crippen LogP contribution in [0.25, 0.3) is 5.52 Å². The summed E-state index contributed by atoms with van der Waals surface area (Å²) in [4.78, 5) is 16.8. The second kappa shape index (κ2) is 8.90. The van der Waals surface area contributed by atoms with Crippen LogP contribution in [-0.4, -0.2) is 72.6 Å². The summed E-state index contributed by atoms with van der Waals surface area (Å²) in [6.45, 7) is 2.79. The average Bonchev–Trinajstić information content (AvgIpc) is 3.47. The van der Waals surface area contributed by atoms with Gasteiger partial charge in [0.05, 0.1) is 30.6 Å². The van der Waals surface area contributed by atoms with Gasteiger partial charge in [0.1, 0.15) is 17.2 Å². The highest BCUT2D eigenvalue weighted by molar-refractivity contribution is 5.72. The fourth-order valence-corrected chi connectivity index (χ4v) is 3.96. The summed E-state index contributed by atoms with van der Waals surface area (Å²) in [5.41, 5.74) is 0.238. The Bertz CT molecular complexity index is 1130. The lowest BCUT2D eigenvalue weighted by molar-refractivity contribution is -0.0421. The molecule has 3 N–H and O–H groups in total. The molecule has 0 spiro atoms. The van der Waals surface area contributed by atoms with Crippen molar-refractivity contribution in [2.75, 3.05) is 19.0 Å². The van der Waals surface area contributed by atoms with E-state index in [1.807, 2.05) is 6.07 Å². The number of aromatic nitrogens is 5. The predicted octanol–water partition coefficient (Wildman–Crippen LogP) is 3.20. The molecule has 3 aromatic rings. The molecule has 1 saturated heterocycles. The average molecular weight is 465 g/mol. The van der Waals surface area contributed by atoms with Gasteiger partial charge in [-0.15, -0.1) is 0 Å². The van der Waals surface area contributed by atoms with Crippen LogP contribution in [0.2, 0.25) is 0 Å². The molecule has 11 nitrogen and oxygen atoms in total. The summed E-state index contributed by atoms with van der Waals surface area (Å²) in [6.07, 6.45) is -1.21. The Morgan fingerprint density at radius 1 is 1.48 bits per heavy atom. The van der Waals surface area contributed by atoms with Gasteiger partial charge in [-0.3, -0.25) is 10.00 Å². The Labute approximate surface area is 187 Å². The Balaban J connectivity index is 1.48. The monoisotopic (exact) mass is 465 g/mol. The molecule has 0 aromatic carbocycles. The molecule has 0 saturated carbocycles. The number of amides is 1. The summed E-state index contributed by atoms with van der Waals surface area (Å²) in [7, 11) is 1.59. The lowest BCUT2D eigenvalue weighted by Crippen LogP contribution is -2.56. The number of rotatable bonds is 8. The number of carbonyl (C=O) groups is 1. The molecule has 0 radical (unpaired) electrons. The SMILES string of the molecule is COCc1cc2c(Nc3cc([C@H]4C[C@@H](N(C(=O)O)C(C)(C)C(F)F)CO4)[nH]n3)nccn2n1. The molecule has 178 valence electrons. The zero-order chi connectivity index (χ0) is 23.8. The van der Waals surface area contributed by atoms with E-state index >= 15 is 0 Å². The van der Waals surface area contributed by atoms with E-state index in [0.29, 0.717) is 23.9 Å². The fraction of sp³-hybridized carbons (Fsp3) is 0.500. The normalized spacial score (nSPS) is 18.8. The van der Waals surface area contributed by atoms with Gasteiger partial charge in [-0.2, -0.15) is 10.2 Å². The third-order valence-electron chi connectivity index (χ3n) is 5.63. The first kappa shape index (κ1) is 22.9. The van der Waals surface area contributed by atoms with Crippen molar-refractivity contribution in [1.82, 2.24) is 29.7 Å². The molecule has 33 heavy (non-hydrogen) atoms. The number of nitrogens with zero attached hydrogens (tertiary/aromatic N) is 5. The van der Waals surface area contributed by atoms with Gasteiger partial charge in [0.25, 0.3) is 6.43 Å². The number of carboxylic acid groups (broad SMARTS) is 1. The topological polar surface area (TPSA) is 130 Å². The van der Waals surface area contributed by atoms with E-state index in [9.17, 15) is 18.7 Å². The van der Waals surface area contributed by atoms with E-state index in [1.54, 1.807) is 30.1 Å². The number of aromatic amines is 1. The number of methoxy groups -OCH3 is 1. The molecule has 0 unspecified atom stereocenters. The molecule has 0 bridgehead atoms. The first-order valence-electron chi connectivity index (χ1n) is 10.3. The quantitative estimate of drug-likeness (QED) is 0.462. The molecule has 4 rings (SSSR count). The van der Waals surface area contributed by atoms with Crippen molar-refractivity contribution in [3.63, 3.8) is 0 Å². The molecule has 1 aliphatic heterocycles. The van der Waals surface area contributed by atoms with Crippen molar-refractivity contribution in [2.45, 2.75) is 51.0 Å². The van der Waals surface area contributed by atoms with E-state index < -0.39 is 30.2 Å². The number of nitrogens with one attached hydrogen (secondary N) is 2. The third-order valence-corrected chi connectivity index (χ3v) is 5.63. The lowest BCUT2D eigenvalue weighted by Gasteiger charge is -2.39. The van der Waals surface area contributed by atoms with Crippen molar-refractivity contribution < 1.29 is 28.2 Å². The molecule has 4 heterocycles. The Hall–Kier alpha value is -3.32. The highest BCUT2D eigenvalue weighted by atomic mass is 19.3. The maximum atomic E-state index is 13.5. The molecule has 13 heteroatoms. The first-order valence-corrected chi connectivity index (χ1v) is 10.3. The van der Waals surface area contributed by atoms with E-state index in [1.165, 1.54) is 13.8 Å². The molecule has 1 fully saturated rings. The van der Waals surface area contributed by atoms with Crippen LogP contribution >= 0.6 is 0 Å². The van der Waals surface area contributed by atoms with E-state index in [2.05, 4.69) is 25.6 Å². The second-order valence-corrected chi connectivity index (χ2v) is 8.33. The number of halogens is 2. The number of fused-ring (bicyclic) bond motifs is 1. The van der Waals surface area contributed by atoms with Crippen LogP contribution in [0.5, 0.6) is 0 Å². The number of anilines is 2. The first-order chi connectivity index (χ1) is 15.7. The summed E-state index contributed by atoms with van der Waals surface area (Å²) < 4.78 is 39.5. The van der Waals surface area contributed by atoms with Crippen molar-refractivity contribution in [3.05, 3.63) is 35.9 Å². The van der Waals surface area contributed by atoms with Gasteiger partial charge in [-0.05, 0) is 19.9 Å². The van der Waals surface area contributed by atoms with E-state index in [0.717, 1.165) is 16.1 Å². The van der Waals surface area contributed by atoms with Crippen LogP contribution in [0.1, 0.15) is 37.8 Å². The van der Waals surface area contributed by atoms with Crippen LogP contribution in [0.15, 0.2) is 24.5 Å². The van der Waals surface area contributed by atoms with Crippen LogP contribution in [0.4, 0.5) is 25.2 Å². The fourth-order valence-electron chi connectivity index (χ4n) is 3.96. The van der Waals surface area contributed by atoms with Gasteiger partial charge in [0.15, 0.2) is 11.6 Å². The van der Waals surface area contributed by atoms with Crippen LogP contribution in [0, 0.1) is 0 Å². The number of alkyl halides is 2. The minimum Gasteiger partial charge on any atom is -0.465 e. The molecule has 1 aliphatic rings. The van der Waals surface area contributed by atoms with Crippen LogP contribution < -0.4 is 5.32 Å². The van der Waals surface area contributed by atoms with Crippen molar-refractivity contribution in [3.8, 4) is 0 Å². The Morgan fingerprint density at radius 3 is 2.97 bits per heavy atom. The third kappa shape index (κ3) is 4.46. The number of ether oxygens (including phenoxy) is 2. The van der Waals surface area contributed by atoms with Gasteiger partial charge >= 0.3 is 6.09 Å². The maximum absolute atomic E-state index is 13.5. The van der Waals surface area contributed by atoms with Crippen molar-refractivity contribution >= 4 is 23.2 Å². The summed E-state index contributed by atoms with van der Waals surface area (Å²) >= 11 is 0. The van der Waals surface area contributed by atoms with Crippen molar-refractivity contribution in [2.24, 2.45) is 0 Å². The van der Waals surface area contributed by atoms with E-state index in [4.69, 9.17) is 9.47 Å². The van der Waals surface area contributed by atoms with Gasteiger partial charge < -0.3 is 19.9 Å². The highest BCUT2D eigenvalue weighted by Gasteiger charge is 2.46. The molecular weight excluding hydrogens is 440 g/mol. The molecule has 0 aliphatic carbocycles. The van der Waals surface area contributed by atoms with Gasteiger partial charge in [-0.25, -0.2) is 23.1 Å². The predicted molar refractivity (Wildman–Crippen MR) is 113 cm³/mol. The molecule has 2 atom stereocenters. The van der Waals surface area contributed by atoms with Crippen LogP contribution in [0.3, 0.4) is 0 Å². The summed E-state index contributed by atoms with van der Waals surface area (Å²) in [5.74, 6) is 1.00. The molecule has 3 aromatic heterocycles. The minimum atomic E-state index is -2.83. The maximum Gasteiger partial charge on any atom is 0.408 e. The van der Waals surface area contributed by atoms with Gasteiger partial charge in [0, 0.05) is 32.0 Å². The lowest BCUT2D eigenvalue weighted by atomic mass is 9.99. The number of hydrogen-bond acceptors (Lipinski definition) is 7. The molecule has 1 amide bonds.